The number of aryl methyl sites for hydroxylation is 1. The summed E-state index contributed by atoms with van der Waals surface area (Å²) in [4.78, 5) is 11.3. The molecule has 2 aliphatic rings. The van der Waals surface area contributed by atoms with Crippen LogP contribution in [0.25, 0.3) is 0 Å². The van der Waals surface area contributed by atoms with Gasteiger partial charge in [0.2, 0.25) is 0 Å². The average molecular weight is 282 g/mol. The molecule has 1 aromatic rings. The van der Waals surface area contributed by atoms with Gasteiger partial charge in [-0.1, -0.05) is 0 Å². The Balaban J connectivity index is 1.92. The molecule has 2 atom stereocenters. The third kappa shape index (κ3) is 2.56. The van der Waals surface area contributed by atoms with Crippen LogP contribution >= 0.6 is 11.6 Å². The molecule has 4 nitrogen and oxygen atoms in total. The number of nitrogens with zero attached hydrogens (tertiary/aromatic N) is 3. The molecule has 3 rings (SSSR count). The van der Waals surface area contributed by atoms with Gasteiger partial charge in [0.1, 0.15) is 12.1 Å². The smallest absolute Gasteiger partial charge is 0.135 e. The highest BCUT2D eigenvalue weighted by atomic mass is 35.5. The summed E-state index contributed by atoms with van der Waals surface area (Å²) < 4.78 is 5.72. The fourth-order valence-corrected chi connectivity index (χ4v) is 3.14. The molecule has 1 fully saturated rings. The second-order valence-corrected chi connectivity index (χ2v) is 5.75. The Bertz CT molecular complexity index is 454. The van der Waals surface area contributed by atoms with Crippen LogP contribution in [0.1, 0.15) is 31.0 Å². The lowest BCUT2D eigenvalue weighted by molar-refractivity contribution is 0.0360. The van der Waals surface area contributed by atoms with E-state index in [1.807, 2.05) is 0 Å². The Kier molecular flexibility index (Phi) is 3.89. The van der Waals surface area contributed by atoms with E-state index in [9.17, 15) is 0 Å². The van der Waals surface area contributed by atoms with Gasteiger partial charge in [0, 0.05) is 17.8 Å². The van der Waals surface area contributed by atoms with E-state index in [2.05, 4.69) is 21.8 Å². The Morgan fingerprint density at radius 3 is 3.05 bits per heavy atom. The maximum Gasteiger partial charge on any atom is 0.135 e. The van der Waals surface area contributed by atoms with Crippen LogP contribution < -0.4 is 4.90 Å². The third-order valence-corrected chi connectivity index (χ3v) is 4.40. The van der Waals surface area contributed by atoms with Gasteiger partial charge in [-0.3, -0.25) is 0 Å². The van der Waals surface area contributed by atoms with E-state index in [-0.39, 0.29) is 6.10 Å². The number of alkyl halides is 1. The van der Waals surface area contributed by atoms with E-state index in [0.29, 0.717) is 11.9 Å². The summed E-state index contributed by atoms with van der Waals surface area (Å²) >= 11 is 5.94. The minimum atomic E-state index is 0.104. The molecule has 1 saturated heterocycles. The standard InChI is InChI=1S/C14H20ClN3O/c1-10-8-19-11(6-15)7-18(10)14-12-4-2-3-5-13(12)16-9-17-14/h9-11H,2-8H2,1H3. The summed E-state index contributed by atoms with van der Waals surface area (Å²) in [6, 6.07) is 0.348. The van der Waals surface area contributed by atoms with Crippen molar-refractivity contribution in [1.29, 1.82) is 0 Å². The average Bonchev–Trinajstić information content (AvgIpc) is 2.47. The van der Waals surface area contributed by atoms with Crippen LogP contribution in [-0.4, -0.2) is 41.1 Å². The van der Waals surface area contributed by atoms with E-state index in [1.54, 1.807) is 6.33 Å². The number of hydrogen-bond acceptors (Lipinski definition) is 4. The molecular formula is C14H20ClN3O. The summed E-state index contributed by atoms with van der Waals surface area (Å²) in [5, 5.41) is 0. The van der Waals surface area contributed by atoms with Crippen LogP contribution in [-0.2, 0) is 17.6 Å². The number of rotatable bonds is 2. The number of halogens is 1. The molecule has 2 unspecified atom stereocenters. The van der Waals surface area contributed by atoms with Crippen molar-refractivity contribution in [3.63, 3.8) is 0 Å². The van der Waals surface area contributed by atoms with Gasteiger partial charge in [-0.25, -0.2) is 9.97 Å². The Morgan fingerprint density at radius 1 is 1.37 bits per heavy atom. The molecule has 1 aliphatic heterocycles. The zero-order valence-corrected chi connectivity index (χ0v) is 12.1. The molecule has 0 spiro atoms. The van der Waals surface area contributed by atoms with Crippen molar-refractivity contribution >= 4 is 17.4 Å². The van der Waals surface area contributed by atoms with Gasteiger partial charge in [0.05, 0.1) is 24.6 Å². The van der Waals surface area contributed by atoms with Gasteiger partial charge in [-0.2, -0.15) is 0 Å². The molecule has 0 N–H and O–H groups in total. The summed E-state index contributed by atoms with van der Waals surface area (Å²) in [6.45, 7) is 3.73. The number of hydrogen-bond donors (Lipinski definition) is 0. The number of aromatic nitrogens is 2. The number of fused-ring (bicyclic) bond motifs is 1. The van der Waals surface area contributed by atoms with E-state index >= 15 is 0 Å². The van der Waals surface area contributed by atoms with Crippen molar-refractivity contribution in [3.8, 4) is 0 Å². The first-order valence-electron chi connectivity index (χ1n) is 7.06. The molecule has 0 bridgehead atoms. The lowest BCUT2D eigenvalue weighted by atomic mass is 9.95. The largest absolute Gasteiger partial charge is 0.373 e. The molecule has 104 valence electrons. The van der Waals surface area contributed by atoms with Gasteiger partial charge in [-0.15, -0.1) is 11.6 Å². The van der Waals surface area contributed by atoms with Crippen LogP contribution in [0.3, 0.4) is 0 Å². The molecule has 1 aromatic heterocycles. The van der Waals surface area contributed by atoms with Crippen molar-refractivity contribution in [3.05, 3.63) is 17.6 Å². The fraction of sp³-hybridized carbons (Fsp3) is 0.714. The Labute approximate surface area is 119 Å². The van der Waals surface area contributed by atoms with Crippen molar-refractivity contribution in [2.45, 2.75) is 44.8 Å². The second-order valence-electron chi connectivity index (χ2n) is 5.44. The van der Waals surface area contributed by atoms with E-state index in [0.717, 1.165) is 31.8 Å². The predicted molar refractivity (Wildman–Crippen MR) is 75.9 cm³/mol. The quantitative estimate of drug-likeness (QED) is 0.779. The predicted octanol–water partition coefficient (Wildman–Crippen LogP) is 2.19. The maximum absolute atomic E-state index is 5.94. The van der Waals surface area contributed by atoms with Crippen molar-refractivity contribution in [2.24, 2.45) is 0 Å². The molecule has 0 amide bonds. The molecule has 1 aliphatic carbocycles. The van der Waals surface area contributed by atoms with E-state index < -0.39 is 0 Å². The topological polar surface area (TPSA) is 38.2 Å². The normalized spacial score (nSPS) is 27.2. The van der Waals surface area contributed by atoms with Gasteiger partial charge in [0.15, 0.2) is 0 Å². The third-order valence-electron chi connectivity index (χ3n) is 4.05. The number of ether oxygens (including phenoxy) is 1. The van der Waals surface area contributed by atoms with E-state index in [1.165, 1.54) is 24.1 Å². The number of anilines is 1. The summed E-state index contributed by atoms with van der Waals surface area (Å²) in [5.41, 5.74) is 2.58. The summed E-state index contributed by atoms with van der Waals surface area (Å²) in [5.74, 6) is 1.65. The molecule has 0 saturated carbocycles. The first-order chi connectivity index (χ1) is 9.29. The molecule has 5 heteroatoms. The zero-order chi connectivity index (χ0) is 13.2. The highest BCUT2D eigenvalue weighted by molar-refractivity contribution is 6.18. The minimum Gasteiger partial charge on any atom is -0.373 e. The maximum atomic E-state index is 5.94. The Hall–Kier alpha value is -0.870. The highest BCUT2D eigenvalue weighted by Crippen LogP contribution is 2.29. The van der Waals surface area contributed by atoms with E-state index in [4.69, 9.17) is 16.3 Å². The second kappa shape index (κ2) is 5.63. The molecule has 19 heavy (non-hydrogen) atoms. The van der Waals surface area contributed by atoms with Gasteiger partial charge in [0.25, 0.3) is 0 Å². The van der Waals surface area contributed by atoms with Crippen LogP contribution in [0.15, 0.2) is 6.33 Å². The molecular weight excluding hydrogens is 262 g/mol. The highest BCUT2D eigenvalue weighted by Gasteiger charge is 2.29. The zero-order valence-electron chi connectivity index (χ0n) is 11.3. The molecule has 0 radical (unpaired) electrons. The van der Waals surface area contributed by atoms with Crippen LogP contribution in [0.2, 0.25) is 0 Å². The fourth-order valence-electron chi connectivity index (χ4n) is 2.96. The van der Waals surface area contributed by atoms with Crippen LogP contribution in [0.4, 0.5) is 5.82 Å². The molecule has 0 aromatic carbocycles. The van der Waals surface area contributed by atoms with Gasteiger partial charge in [-0.05, 0) is 32.6 Å². The number of morpholine rings is 1. The first-order valence-corrected chi connectivity index (χ1v) is 7.60. The van der Waals surface area contributed by atoms with Crippen molar-refractivity contribution < 1.29 is 4.74 Å². The van der Waals surface area contributed by atoms with Gasteiger partial charge < -0.3 is 9.64 Å². The Morgan fingerprint density at radius 2 is 2.21 bits per heavy atom. The van der Waals surface area contributed by atoms with Crippen LogP contribution in [0.5, 0.6) is 0 Å². The SMILES string of the molecule is CC1COC(CCl)CN1c1ncnc2c1CCCC2. The summed E-state index contributed by atoms with van der Waals surface area (Å²) in [7, 11) is 0. The van der Waals surface area contributed by atoms with Crippen LogP contribution in [0, 0.1) is 0 Å². The minimum absolute atomic E-state index is 0.104. The van der Waals surface area contributed by atoms with Crippen molar-refractivity contribution in [1.82, 2.24) is 9.97 Å². The molecule has 2 heterocycles. The van der Waals surface area contributed by atoms with Gasteiger partial charge >= 0.3 is 0 Å². The first kappa shape index (κ1) is 13.1. The van der Waals surface area contributed by atoms with Crippen molar-refractivity contribution in [2.75, 3.05) is 23.9 Å². The summed E-state index contributed by atoms with van der Waals surface area (Å²) in [6.07, 6.45) is 6.48. The lowest BCUT2D eigenvalue weighted by Crippen LogP contribution is -2.50. The lowest BCUT2D eigenvalue weighted by Gasteiger charge is -2.39. The monoisotopic (exact) mass is 281 g/mol.